The summed E-state index contributed by atoms with van der Waals surface area (Å²) in [6.45, 7) is 6.66. The molecule has 0 saturated heterocycles. The van der Waals surface area contributed by atoms with Gasteiger partial charge in [0.15, 0.2) is 0 Å². The van der Waals surface area contributed by atoms with Gasteiger partial charge in [0.25, 0.3) is 0 Å². The van der Waals surface area contributed by atoms with Crippen molar-refractivity contribution in [3.63, 3.8) is 0 Å². The Kier molecular flexibility index (Phi) is 3.64. The van der Waals surface area contributed by atoms with Crippen molar-refractivity contribution in [2.75, 3.05) is 0 Å². The van der Waals surface area contributed by atoms with Gasteiger partial charge in [-0.15, -0.1) is 6.58 Å². The van der Waals surface area contributed by atoms with Crippen molar-refractivity contribution in [2.45, 2.75) is 12.5 Å². The van der Waals surface area contributed by atoms with Gasteiger partial charge in [-0.3, -0.25) is 4.79 Å². The van der Waals surface area contributed by atoms with Crippen LogP contribution in [0.3, 0.4) is 0 Å². The minimum atomic E-state index is -0.806. The zero-order valence-corrected chi connectivity index (χ0v) is 5.13. The van der Waals surface area contributed by atoms with Crippen LogP contribution in [0.1, 0.15) is 6.42 Å². The van der Waals surface area contributed by atoms with Crippen molar-refractivity contribution in [2.24, 2.45) is 0 Å². The van der Waals surface area contributed by atoms with Crippen molar-refractivity contribution in [3.05, 3.63) is 24.8 Å². The monoisotopic (exact) mass is 125 g/mol. The van der Waals surface area contributed by atoms with E-state index in [4.69, 9.17) is 5.11 Å². The predicted octanol–water partition coefficient (Wildman–Crippen LogP) is 0.589. The van der Waals surface area contributed by atoms with Crippen LogP contribution in [0.15, 0.2) is 24.8 Å². The van der Waals surface area contributed by atoms with Crippen molar-refractivity contribution >= 4 is 6.29 Å². The molecule has 2 heteroatoms. The Morgan fingerprint density at radius 1 is 1.89 bits per heavy atom. The molecule has 0 rings (SSSR count). The molecule has 0 saturated carbocycles. The maximum absolute atomic E-state index is 9.80. The van der Waals surface area contributed by atoms with E-state index in [0.29, 0.717) is 6.42 Å². The molecule has 0 aromatic carbocycles. The van der Waals surface area contributed by atoms with Gasteiger partial charge in [0.1, 0.15) is 0 Å². The van der Waals surface area contributed by atoms with Gasteiger partial charge < -0.3 is 5.11 Å². The highest BCUT2D eigenvalue weighted by atomic mass is 16.3. The van der Waals surface area contributed by atoms with Crippen molar-refractivity contribution < 1.29 is 9.90 Å². The van der Waals surface area contributed by atoms with E-state index >= 15 is 0 Å². The molecule has 0 aromatic heterocycles. The van der Waals surface area contributed by atoms with E-state index in [-0.39, 0.29) is 5.57 Å². The molecule has 0 fully saturated rings. The first-order valence-electron chi connectivity index (χ1n) is 2.58. The number of aliphatic hydroxyl groups is 1. The van der Waals surface area contributed by atoms with E-state index in [9.17, 15) is 4.79 Å². The molecule has 0 amide bonds. The van der Waals surface area contributed by atoms with Gasteiger partial charge in [-0.05, 0) is 6.42 Å². The normalized spacial score (nSPS) is 12.1. The van der Waals surface area contributed by atoms with Gasteiger partial charge in [0, 0.05) is 5.57 Å². The van der Waals surface area contributed by atoms with E-state index < -0.39 is 6.10 Å². The second-order valence-corrected chi connectivity index (χ2v) is 1.67. The first-order chi connectivity index (χ1) is 4.22. The Labute approximate surface area is 54.5 Å². The summed E-state index contributed by atoms with van der Waals surface area (Å²) >= 11 is 0. The minimum absolute atomic E-state index is 0.0786. The van der Waals surface area contributed by atoms with Crippen molar-refractivity contribution in [1.82, 2.24) is 0 Å². The number of aliphatic hydroxyl groups excluding tert-OH is 1. The van der Waals surface area contributed by atoms with Crippen LogP contribution >= 0.6 is 0 Å². The number of hydrogen-bond acceptors (Lipinski definition) is 2. The maximum atomic E-state index is 9.80. The fourth-order valence-corrected chi connectivity index (χ4v) is 0.368. The zero-order chi connectivity index (χ0) is 7.28. The third-order valence-electron chi connectivity index (χ3n) is 0.923. The molecular weight excluding hydrogens is 116 g/mol. The number of carbonyl (C=O) groups excluding carboxylic acids is 1. The number of rotatable bonds is 4. The Morgan fingerprint density at radius 2 is 2.44 bits per heavy atom. The van der Waals surface area contributed by atoms with E-state index in [1.807, 2.05) is 0 Å². The predicted molar refractivity (Wildman–Crippen MR) is 35.7 cm³/mol. The molecule has 2 nitrogen and oxygen atoms in total. The van der Waals surface area contributed by atoms with Crippen LogP contribution in [0.5, 0.6) is 0 Å². The lowest BCUT2D eigenvalue weighted by Gasteiger charge is -2.02. The molecule has 0 aromatic rings. The molecule has 1 unspecified atom stereocenters. The third-order valence-corrected chi connectivity index (χ3v) is 0.923. The van der Waals surface area contributed by atoms with E-state index in [0.717, 1.165) is 0 Å². The summed E-state index contributed by atoms with van der Waals surface area (Å²) < 4.78 is 0. The summed E-state index contributed by atoms with van der Waals surface area (Å²) in [5, 5.41) is 8.88. The standard InChI is InChI=1S/C7H9O2/c1-3-4-7(9)6(2)5-8/h3,7,9H,1-2,4H2. The molecule has 9 heavy (non-hydrogen) atoms. The first-order valence-corrected chi connectivity index (χ1v) is 2.58. The van der Waals surface area contributed by atoms with Crippen LogP contribution in [0.25, 0.3) is 0 Å². The van der Waals surface area contributed by atoms with E-state index in [2.05, 4.69) is 13.2 Å². The van der Waals surface area contributed by atoms with Gasteiger partial charge in [0.2, 0.25) is 6.29 Å². The van der Waals surface area contributed by atoms with Crippen LogP contribution in [0.4, 0.5) is 0 Å². The quantitative estimate of drug-likeness (QED) is 0.441. The molecule has 0 bridgehead atoms. The molecule has 1 radical (unpaired) electrons. The van der Waals surface area contributed by atoms with Gasteiger partial charge in [-0.25, -0.2) is 0 Å². The van der Waals surface area contributed by atoms with E-state index in [1.54, 1.807) is 0 Å². The summed E-state index contributed by atoms with van der Waals surface area (Å²) in [7, 11) is 0. The van der Waals surface area contributed by atoms with Crippen LogP contribution in [0.2, 0.25) is 0 Å². The highest BCUT2D eigenvalue weighted by Crippen LogP contribution is 2.00. The molecule has 0 spiro atoms. The fraction of sp³-hybridized carbons (Fsp3) is 0.286. The third kappa shape index (κ3) is 2.82. The lowest BCUT2D eigenvalue weighted by atomic mass is 10.1. The Hall–Kier alpha value is -0.890. The SMILES string of the molecule is C=CCC(O)C(=C)[C]=O. The fourth-order valence-electron chi connectivity index (χ4n) is 0.368. The Bertz CT molecular complexity index is 127. The van der Waals surface area contributed by atoms with Crippen LogP contribution < -0.4 is 0 Å². The highest BCUT2D eigenvalue weighted by molar-refractivity contribution is 5.74. The molecule has 0 aliphatic heterocycles. The van der Waals surface area contributed by atoms with E-state index in [1.165, 1.54) is 12.4 Å². The van der Waals surface area contributed by atoms with Crippen molar-refractivity contribution in [3.8, 4) is 0 Å². The first kappa shape index (κ1) is 8.11. The summed E-state index contributed by atoms with van der Waals surface area (Å²) in [5.74, 6) is 0. The average Bonchev–Trinajstić information content (AvgIpc) is 1.87. The second kappa shape index (κ2) is 4.04. The second-order valence-electron chi connectivity index (χ2n) is 1.67. The Morgan fingerprint density at radius 3 is 2.78 bits per heavy atom. The van der Waals surface area contributed by atoms with Crippen LogP contribution in [-0.2, 0) is 4.79 Å². The van der Waals surface area contributed by atoms with Gasteiger partial charge in [-0.1, -0.05) is 12.7 Å². The highest BCUT2D eigenvalue weighted by Gasteiger charge is 2.04. The topological polar surface area (TPSA) is 37.3 Å². The van der Waals surface area contributed by atoms with Crippen molar-refractivity contribution in [1.29, 1.82) is 0 Å². The summed E-state index contributed by atoms with van der Waals surface area (Å²) in [6.07, 6.45) is 2.58. The number of hydrogen-bond donors (Lipinski definition) is 1. The molecule has 1 atom stereocenters. The molecule has 0 aliphatic carbocycles. The smallest absolute Gasteiger partial charge is 0.231 e. The zero-order valence-electron chi connectivity index (χ0n) is 5.13. The average molecular weight is 125 g/mol. The van der Waals surface area contributed by atoms with Gasteiger partial charge in [0.05, 0.1) is 6.10 Å². The van der Waals surface area contributed by atoms with Gasteiger partial charge in [-0.2, -0.15) is 0 Å². The Balaban J connectivity index is 3.71. The summed E-state index contributed by atoms with van der Waals surface area (Å²) in [4.78, 5) is 9.80. The summed E-state index contributed by atoms with van der Waals surface area (Å²) in [5.41, 5.74) is 0.0786. The largest absolute Gasteiger partial charge is 0.388 e. The van der Waals surface area contributed by atoms with Crippen LogP contribution in [-0.4, -0.2) is 17.5 Å². The molecule has 49 valence electrons. The maximum Gasteiger partial charge on any atom is 0.231 e. The molecule has 0 aliphatic rings. The minimum Gasteiger partial charge on any atom is -0.388 e. The van der Waals surface area contributed by atoms with Crippen LogP contribution in [0, 0.1) is 0 Å². The lowest BCUT2D eigenvalue weighted by Crippen LogP contribution is -2.08. The molecule has 0 heterocycles. The molecule has 1 N–H and O–H groups in total. The summed E-state index contributed by atoms with van der Waals surface area (Å²) in [6, 6.07) is 0. The van der Waals surface area contributed by atoms with Gasteiger partial charge >= 0.3 is 0 Å². The lowest BCUT2D eigenvalue weighted by molar-refractivity contribution is 0.220. The molecular formula is C7H9O2.